The van der Waals surface area contributed by atoms with E-state index < -0.39 is 49.4 Å². The van der Waals surface area contributed by atoms with Crippen molar-refractivity contribution in [1.29, 1.82) is 0 Å². The van der Waals surface area contributed by atoms with Gasteiger partial charge < -0.3 is 30.4 Å². The highest BCUT2D eigenvalue weighted by molar-refractivity contribution is 8.13. The molecule has 230 valence electrons. The summed E-state index contributed by atoms with van der Waals surface area (Å²) in [7, 11) is -4.02. The minimum Gasteiger partial charge on any atom is -0.395 e. The normalized spacial score (nSPS) is 24.2. The molecule has 3 heterocycles. The van der Waals surface area contributed by atoms with Crippen LogP contribution in [-0.4, -0.2) is 78.4 Å². The van der Waals surface area contributed by atoms with Gasteiger partial charge in [0.05, 0.1) is 30.6 Å². The van der Waals surface area contributed by atoms with Crippen LogP contribution in [0.1, 0.15) is 32.6 Å². The molecular formula is C26H36N5O9PS. The largest absolute Gasteiger partial charge is 0.405 e. The van der Waals surface area contributed by atoms with E-state index in [4.69, 9.17) is 19.5 Å². The molecule has 0 saturated carbocycles. The first-order valence-electron chi connectivity index (χ1n) is 13.2. The summed E-state index contributed by atoms with van der Waals surface area (Å²) >= 11 is 0.940. The number of thioether (sulfide) groups is 1. The summed E-state index contributed by atoms with van der Waals surface area (Å²) in [4.78, 5) is 31.1. The Morgan fingerprint density at radius 1 is 1.31 bits per heavy atom. The number of hydrogen-bond acceptors (Lipinski definition) is 12. The first-order chi connectivity index (χ1) is 19.8. The van der Waals surface area contributed by atoms with Gasteiger partial charge in [0.25, 0.3) is 5.56 Å². The van der Waals surface area contributed by atoms with E-state index in [1.807, 2.05) is 30.3 Å². The van der Waals surface area contributed by atoms with Gasteiger partial charge in [-0.05, 0) is 32.4 Å². The Bertz CT molecular complexity index is 1500. The standard InChI is InChI=1S/C26H36N5O9PS/c1-25(2,15-32)23(35)42-12-11-38-41(37,28-13-16-7-5-4-6-8-16)39-14-18-19(33)26(3,36)22(40-18)31-10-9-17-20(31)29-24(27)30-21(17)34/h4-10,18-19,22,32-33,36H,11-15H2,1-3H3,(H,28,37)(H3,27,29,30,34)/t18-,19+,22?,26?,41?/m1/s1. The van der Waals surface area contributed by atoms with E-state index in [1.165, 1.54) is 23.8 Å². The molecule has 0 bridgehead atoms. The predicted molar refractivity (Wildman–Crippen MR) is 156 cm³/mol. The third-order valence-electron chi connectivity index (χ3n) is 6.86. The molecule has 0 spiro atoms. The lowest BCUT2D eigenvalue weighted by atomic mass is 9.96. The fourth-order valence-electron chi connectivity index (χ4n) is 4.26. The van der Waals surface area contributed by atoms with E-state index in [2.05, 4.69) is 15.1 Å². The molecule has 42 heavy (non-hydrogen) atoms. The molecule has 16 heteroatoms. The summed E-state index contributed by atoms with van der Waals surface area (Å²) in [6, 6.07) is 10.6. The number of aliphatic hydroxyl groups is 3. The van der Waals surface area contributed by atoms with Crippen molar-refractivity contribution < 1.29 is 38.5 Å². The topological polar surface area (TPSA) is 211 Å². The minimum atomic E-state index is -4.02. The summed E-state index contributed by atoms with van der Waals surface area (Å²) in [6.45, 7) is 3.85. The van der Waals surface area contributed by atoms with Crippen LogP contribution in [0.3, 0.4) is 0 Å². The number of anilines is 1. The van der Waals surface area contributed by atoms with Crippen LogP contribution in [-0.2, 0) is 29.7 Å². The molecule has 5 atom stereocenters. The molecule has 0 aliphatic carbocycles. The number of carbonyl (C=O) groups is 1. The monoisotopic (exact) mass is 625 g/mol. The fraction of sp³-hybridized carbons (Fsp3) is 0.500. The molecule has 3 unspecified atom stereocenters. The van der Waals surface area contributed by atoms with Crippen molar-refractivity contribution in [3.05, 3.63) is 58.5 Å². The van der Waals surface area contributed by atoms with Crippen molar-refractivity contribution in [2.24, 2.45) is 5.41 Å². The number of benzene rings is 1. The summed E-state index contributed by atoms with van der Waals surface area (Å²) in [5.74, 6) is 0.0191. The van der Waals surface area contributed by atoms with Crippen LogP contribution in [0, 0.1) is 5.41 Å². The smallest absolute Gasteiger partial charge is 0.395 e. The first-order valence-corrected chi connectivity index (χ1v) is 15.7. The van der Waals surface area contributed by atoms with E-state index >= 15 is 0 Å². The van der Waals surface area contributed by atoms with Crippen LogP contribution in [0.25, 0.3) is 11.0 Å². The quantitative estimate of drug-likeness (QED) is 0.118. The number of aromatic amines is 1. The Kier molecular flexibility index (Phi) is 9.97. The number of nitrogens with one attached hydrogen (secondary N) is 2. The Hall–Kier alpha value is -2.59. The molecule has 1 aromatic carbocycles. The van der Waals surface area contributed by atoms with Gasteiger partial charge in [-0.3, -0.25) is 23.6 Å². The fourth-order valence-corrected chi connectivity index (χ4v) is 6.50. The van der Waals surface area contributed by atoms with Crippen molar-refractivity contribution in [2.75, 3.05) is 31.3 Å². The van der Waals surface area contributed by atoms with E-state index in [9.17, 15) is 29.5 Å². The summed E-state index contributed by atoms with van der Waals surface area (Å²) < 4.78 is 32.3. The summed E-state index contributed by atoms with van der Waals surface area (Å²) in [5.41, 5.74) is 3.38. The van der Waals surface area contributed by atoms with E-state index in [-0.39, 0.29) is 47.6 Å². The van der Waals surface area contributed by atoms with Crippen molar-refractivity contribution in [1.82, 2.24) is 19.6 Å². The number of rotatable bonds is 13. The van der Waals surface area contributed by atoms with Gasteiger partial charge in [0.2, 0.25) is 5.95 Å². The molecule has 14 nitrogen and oxygen atoms in total. The molecular weight excluding hydrogens is 589 g/mol. The SMILES string of the molecule is CC(C)(CO)C(=O)SCCOP(=O)(NCc1ccccc1)OC[C@H]1OC(n2ccc3c(=O)[nH]c(N)nc32)C(C)(O)[C@H]1O. The lowest BCUT2D eigenvalue weighted by molar-refractivity contribution is -0.119. The van der Waals surface area contributed by atoms with Crippen LogP contribution < -0.4 is 16.4 Å². The van der Waals surface area contributed by atoms with Crippen LogP contribution in [0.4, 0.5) is 5.95 Å². The van der Waals surface area contributed by atoms with E-state index in [0.29, 0.717) is 0 Å². The molecule has 7 N–H and O–H groups in total. The third-order valence-corrected chi connectivity index (χ3v) is 9.60. The van der Waals surface area contributed by atoms with Crippen molar-refractivity contribution in [3.8, 4) is 0 Å². The molecule has 1 aliphatic heterocycles. The lowest BCUT2D eigenvalue weighted by Crippen LogP contribution is -2.44. The van der Waals surface area contributed by atoms with Crippen molar-refractivity contribution in [3.63, 3.8) is 0 Å². The highest BCUT2D eigenvalue weighted by Crippen LogP contribution is 2.47. The van der Waals surface area contributed by atoms with Crippen molar-refractivity contribution in [2.45, 2.75) is 51.4 Å². The van der Waals surface area contributed by atoms with E-state index in [0.717, 1.165) is 17.3 Å². The van der Waals surface area contributed by atoms with Gasteiger partial charge in [-0.1, -0.05) is 42.1 Å². The minimum absolute atomic E-state index is 0.123. The van der Waals surface area contributed by atoms with Gasteiger partial charge in [-0.15, -0.1) is 0 Å². The number of fused-ring (bicyclic) bond motifs is 1. The molecule has 1 aliphatic rings. The Morgan fingerprint density at radius 2 is 2.02 bits per heavy atom. The maximum atomic E-state index is 13.7. The van der Waals surface area contributed by atoms with Crippen molar-refractivity contribution >= 4 is 41.6 Å². The van der Waals surface area contributed by atoms with Gasteiger partial charge in [0, 0.05) is 18.5 Å². The van der Waals surface area contributed by atoms with E-state index in [1.54, 1.807) is 13.8 Å². The second-order valence-electron chi connectivity index (χ2n) is 10.7. The number of H-pyrrole nitrogens is 1. The highest BCUT2D eigenvalue weighted by Gasteiger charge is 2.54. The number of nitrogens with zero attached hydrogens (tertiary/aromatic N) is 2. The van der Waals surface area contributed by atoms with Gasteiger partial charge in [-0.25, -0.2) is 9.65 Å². The molecule has 0 radical (unpaired) electrons. The molecule has 2 aromatic heterocycles. The maximum absolute atomic E-state index is 13.7. The number of hydrogen-bond donors (Lipinski definition) is 6. The molecule has 1 fully saturated rings. The average molecular weight is 626 g/mol. The molecule has 0 amide bonds. The molecule has 3 aromatic rings. The van der Waals surface area contributed by atoms with Crippen LogP contribution in [0.5, 0.6) is 0 Å². The van der Waals surface area contributed by atoms with Crippen LogP contribution in [0.2, 0.25) is 0 Å². The third kappa shape index (κ3) is 7.13. The number of nitrogens with two attached hydrogens (primary N) is 1. The molecule has 4 rings (SSSR count). The average Bonchev–Trinajstić information content (AvgIpc) is 3.47. The zero-order valence-corrected chi connectivity index (χ0v) is 25.1. The van der Waals surface area contributed by atoms with Gasteiger partial charge in [-0.2, -0.15) is 4.98 Å². The second kappa shape index (κ2) is 13.0. The summed E-state index contributed by atoms with van der Waals surface area (Å²) in [5, 5.41) is 34.3. The lowest BCUT2D eigenvalue weighted by Gasteiger charge is -2.27. The Labute approximate surface area is 246 Å². The highest BCUT2D eigenvalue weighted by atomic mass is 32.2. The van der Waals surface area contributed by atoms with Gasteiger partial charge >= 0.3 is 7.75 Å². The number of aromatic nitrogens is 3. The van der Waals surface area contributed by atoms with Crippen LogP contribution in [0.15, 0.2) is 47.4 Å². The number of ether oxygens (including phenoxy) is 1. The Morgan fingerprint density at radius 3 is 2.71 bits per heavy atom. The zero-order valence-electron chi connectivity index (χ0n) is 23.4. The number of nitrogen functional groups attached to an aromatic ring is 1. The first kappa shape index (κ1) is 32.3. The van der Waals surface area contributed by atoms with Crippen LogP contribution >= 0.6 is 19.5 Å². The number of aliphatic hydroxyl groups excluding tert-OH is 2. The summed E-state index contributed by atoms with van der Waals surface area (Å²) in [6.07, 6.45) is -2.36. The maximum Gasteiger partial charge on any atom is 0.405 e. The predicted octanol–water partition coefficient (Wildman–Crippen LogP) is 1.53. The van der Waals surface area contributed by atoms with Gasteiger partial charge in [0.1, 0.15) is 17.8 Å². The second-order valence-corrected chi connectivity index (χ2v) is 13.6. The zero-order chi connectivity index (χ0) is 30.7. The number of carbonyl (C=O) groups excluding carboxylic acids is 1. The molecule has 1 saturated heterocycles. The Balaban J connectivity index is 1.46. The van der Waals surface area contributed by atoms with Gasteiger partial charge in [0.15, 0.2) is 17.0 Å².